The lowest BCUT2D eigenvalue weighted by atomic mass is 10.2. The maximum atomic E-state index is 5.92. The molecule has 1 saturated heterocycles. The zero-order valence-corrected chi connectivity index (χ0v) is 13.2. The summed E-state index contributed by atoms with van der Waals surface area (Å²) in [6, 6.07) is 7.99. The van der Waals surface area contributed by atoms with Gasteiger partial charge >= 0.3 is 0 Å². The molecule has 20 heavy (non-hydrogen) atoms. The summed E-state index contributed by atoms with van der Waals surface area (Å²) in [6.07, 6.45) is 3.57. The molecule has 0 atom stereocenters. The van der Waals surface area contributed by atoms with E-state index in [4.69, 9.17) is 11.6 Å². The third-order valence-corrected chi connectivity index (χ3v) is 4.02. The third-order valence-electron chi connectivity index (χ3n) is 3.36. The molecule has 0 aliphatic carbocycles. The van der Waals surface area contributed by atoms with Crippen LogP contribution in [-0.2, 0) is 0 Å². The van der Waals surface area contributed by atoms with Gasteiger partial charge in [-0.3, -0.25) is 0 Å². The zero-order valence-electron chi connectivity index (χ0n) is 10.8. The summed E-state index contributed by atoms with van der Waals surface area (Å²) < 4.78 is 0.904. The minimum atomic E-state index is 0.774. The fourth-order valence-corrected chi connectivity index (χ4v) is 2.62. The molecule has 0 saturated carbocycles. The molecule has 104 valence electrons. The fraction of sp³-hybridized carbons (Fsp3) is 0.286. The molecule has 0 spiro atoms. The molecule has 3 rings (SSSR count). The van der Waals surface area contributed by atoms with Gasteiger partial charge in [-0.1, -0.05) is 11.6 Å². The Balaban J connectivity index is 1.64. The molecule has 4 nitrogen and oxygen atoms in total. The van der Waals surface area contributed by atoms with Gasteiger partial charge in [0.15, 0.2) is 0 Å². The Kier molecular flexibility index (Phi) is 4.08. The number of hydrogen-bond donors (Lipinski definition) is 0. The molecule has 0 radical (unpaired) electrons. The van der Waals surface area contributed by atoms with Gasteiger partial charge in [0.05, 0.1) is 4.47 Å². The third kappa shape index (κ3) is 3.04. The molecule has 1 aromatic heterocycles. The molecular formula is C14H14BrClN4. The van der Waals surface area contributed by atoms with Crippen molar-refractivity contribution < 1.29 is 0 Å². The average molecular weight is 354 g/mol. The zero-order chi connectivity index (χ0) is 13.9. The molecule has 1 aromatic carbocycles. The van der Waals surface area contributed by atoms with Crippen molar-refractivity contribution in [3.05, 3.63) is 46.2 Å². The van der Waals surface area contributed by atoms with Crippen molar-refractivity contribution in [3.63, 3.8) is 0 Å². The first-order valence-electron chi connectivity index (χ1n) is 6.45. The van der Waals surface area contributed by atoms with Gasteiger partial charge in [-0.25, -0.2) is 9.97 Å². The van der Waals surface area contributed by atoms with Gasteiger partial charge in [0.1, 0.15) is 0 Å². The van der Waals surface area contributed by atoms with Crippen LogP contribution < -0.4 is 9.80 Å². The molecular weight excluding hydrogens is 340 g/mol. The summed E-state index contributed by atoms with van der Waals surface area (Å²) in [7, 11) is 0. The second-order valence-electron chi connectivity index (χ2n) is 4.65. The van der Waals surface area contributed by atoms with Crippen LogP contribution in [-0.4, -0.2) is 36.1 Å². The number of rotatable bonds is 2. The van der Waals surface area contributed by atoms with Crippen LogP contribution in [0.25, 0.3) is 0 Å². The fourth-order valence-electron chi connectivity index (χ4n) is 2.29. The molecule has 0 N–H and O–H groups in total. The lowest BCUT2D eigenvalue weighted by Crippen LogP contribution is -2.47. The topological polar surface area (TPSA) is 32.3 Å². The summed E-state index contributed by atoms with van der Waals surface area (Å²) >= 11 is 9.27. The Morgan fingerprint density at radius 3 is 2.05 bits per heavy atom. The quantitative estimate of drug-likeness (QED) is 0.830. The van der Waals surface area contributed by atoms with Crippen LogP contribution in [0.15, 0.2) is 41.1 Å². The summed E-state index contributed by atoms with van der Waals surface area (Å²) in [5, 5.41) is 0.774. The highest BCUT2D eigenvalue weighted by Gasteiger charge is 2.18. The van der Waals surface area contributed by atoms with Crippen molar-refractivity contribution in [1.82, 2.24) is 9.97 Å². The SMILES string of the molecule is Clc1ccc(N2CCN(c3ncc(Br)cn3)CC2)cc1. The van der Waals surface area contributed by atoms with Crippen LogP contribution in [0.3, 0.4) is 0 Å². The van der Waals surface area contributed by atoms with E-state index in [2.05, 4.69) is 47.8 Å². The van der Waals surface area contributed by atoms with Crippen LogP contribution in [0, 0.1) is 0 Å². The van der Waals surface area contributed by atoms with E-state index < -0.39 is 0 Å². The largest absolute Gasteiger partial charge is 0.368 e. The first-order chi connectivity index (χ1) is 9.72. The number of aromatic nitrogens is 2. The van der Waals surface area contributed by atoms with Gasteiger partial charge in [0.2, 0.25) is 5.95 Å². The highest BCUT2D eigenvalue weighted by atomic mass is 79.9. The highest BCUT2D eigenvalue weighted by molar-refractivity contribution is 9.10. The number of nitrogens with zero attached hydrogens (tertiary/aromatic N) is 4. The minimum absolute atomic E-state index is 0.774. The van der Waals surface area contributed by atoms with Crippen molar-refractivity contribution in [1.29, 1.82) is 0 Å². The first-order valence-corrected chi connectivity index (χ1v) is 7.62. The average Bonchev–Trinajstić information content (AvgIpc) is 2.49. The molecule has 2 heterocycles. The van der Waals surface area contributed by atoms with E-state index in [0.29, 0.717) is 0 Å². The Morgan fingerprint density at radius 2 is 1.45 bits per heavy atom. The van der Waals surface area contributed by atoms with Crippen molar-refractivity contribution in [2.24, 2.45) is 0 Å². The van der Waals surface area contributed by atoms with Gasteiger partial charge in [0.25, 0.3) is 0 Å². The molecule has 1 aliphatic rings. The van der Waals surface area contributed by atoms with Crippen molar-refractivity contribution in [3.8, 4) is 0 Å². The maximum absolute atomic E-state index is 5.92. The van der Waals surface area contributed by atoms with Gasteiger partial charge in [0, 0.05) is 49.3 Å². The predicted octanol–water partition coefficient (Wildman–Crippen LogP) is 3.22. The number of anilines is 2. The molecule has 6 heteroatoms. The molecule has 0 bridgehead atoms. The van der Waals surface area contributed by atoms with E-state index in [1.54, 1.807) is 12.4 Å². The Morgan fingerprint density at radius 1 is 0.900 bits per heavy atom. The van der Waals surface area contributed by atoms with Gasteiger partial charge in [-0.05, 0) is 40.2 Å². The number of halogens is 2. The Bertz CT molecular complexity index is 511. The van der Waals surface area contributed by atoms with E-state index in [0.717, 1.165) is 41.6 Å². The van der Waals surface area contributed by atoms with Crippen LogP contribution in [0.5, 0.6) is 0 Å². The van der Waals surface area contributed by atoms with Crippen LogP contribution in [0.4, 0.5) is 11.6 Å². The van der Waals surface area contributed by atoms with E-state index in [-0.39, 0.29) is 0 Å². The lowest BCUT2D eigenvalue weighted by Gasteiger charge is -2.36. The van der Waals surface area contributed by atoms with E-state index in [1.165, 1.54) is 5.69 Å². The Hall–Kier alpha value is -1.33. The normalized spacial score (nSPS) is 15.5. The summed E-state index contributed by atoms with van der Waals surface area (Å²) in [5.74, 6) is 0.795. The van der Waals surface area contributed by atoms with Gasteiger partial charge in [-0.15, -0.1) is 0 Å². The Labute approximate surface area is 131 Å². The van der Waals surface area contributed by atoms with Crippen molar-refractivity contribution in [2.45, 2.75) is 0 Å². The van der Waals surface area contributed by atoms with Crippen LogP contribution >= 0.6 is 27.5 Å². The van der Waals surface area contributed by atoms with Crippen LogP contribution in [0.1, 0.15) is 0 Å². The molecule has 0 amide bonds. The smallest absolute Gasteiger partial charge is 0.225 e. The second-order valence-corrected chi connectivity index (χ2v) is 6.00. The first kappa shape index (κ1) is 13.6. The number of benzene rings is 1. The van der Waals surface area contributed by atoms with Crippen molar-refractivity contribution >= 4 is 39.2 Å². The minimum Gasteiger partial charge on any atom is -0.368 e. The standard InChI is InChI=1S/C14H14BrClN4/c15-11-9-17-14(18-10-11)20-7-5-19(6-8-20)13-3-1-12(16)2-4-13/h1-4,9-10H,5-8H2. The summed E-state index contributed by atoms with van der Waals surface area (Å²) in [4.78, 5) is 13.2. The maximum Gasteiger partial charge on any atom is 0.225 e. The molecule has 1 fully saturated rings. The van der Waals surface area contributed by atoms with E-state index in [9.17, 15) is 0 Å². The van der Waals surface area contributed by atoms with Gasteiger partial charge in [-0.2, -0.15) is 0 Å². The summed E-state index contributed by atoms with van der Waals surface area (Å²) in [6.45, 7) is 3.76. The molecule has 1 aliphatic heterocycles. The monoisotopic (exact) mass is 352 g/mol. The highest BCUT2D eigenvalue weighted by Crippen LogP contribution is 2.20. The number of piperazine rings is 1. The predicted molar refractivity (Wildman–Crippen MR) is 85.6 cm³/mol. The number of hydrogen-bond acceptors (Lipinski definition) is 4. The van der Waals surface area contributed by atoms with Crippen LogP contribution in [0.2, 0.25) is 5.02 Å². The molecule has 2 aromatic rings. The van der Waals surface area contributed by atoms with E-state index >= 15 is 0 Å². The van der Waals surface area contributed by atoms with E-state index in [1.807, 2.05) is 12.1 Å². The lowest BCUT2D eigenvalue weighted by molar-refractivity contribution is 0.640. The molecule has 0 unspecified atom stereocenters. The van der Waals surface area contributed by atoms with Gasteiger partial charge < -0.3 is 9.80 Å². The summed E-state index contributed by atoms with van der Waals surface area (Å²) in [5.41, 5.74) is 1.21. The second kappa shape index (κ2) is 5.97. The van der Waals surface area contributed by atoms with Crippen molar-refractivity contribution in [2.75, 3.05) is 36.0 Å².